The van der Waals surface area contributed by atoms with Gasteiger partial charge < -0.3 is 10.8 Å². The number of nitrogens with two attached hydrogens (primary N) is 1. The van der Waals surface area contributed by atoms with Crippen molar-refractivity contribution in [3.05, 3.63) is 22.2 Å². The molecule has 1 aliphatic heterocycles. The standard InChI is InChI=1S/C10H12Cl2N2O3S/c1-10(15)4-14(5-10)18(16,17)9-7(11)2-6(13)3-8(9)12/h2-3,15H,4-5,13H2,1H3. The van der Waals surface area contributed by atoms with Crippen LogP contribution in [-0.4, -0.2) is 36.5 Å². The van der Waals surface area contributed by atoms with Gasteiger partial charge in [0.2, 0.25) is 10.0 Å². The van der Waals surface area contributed by atoms with Crippen molar-refractivity contribution in [2.24, 2.45) is 0 Å². The Bertz CT molecular complexity index is 570. The minimum absolute atomic E-state index is 0.0202. The summed E-state index contributed by atoms with van der Waals surface area (Å²) in [5, 5.41) is 9.54. The predicted molar refractivity (Wildman–Crippen MR) is 70.3 cm³/mol. The van der Waals surface area contributed by atoms with Crippen molar-refractivity contribution >= 4 is 38.9 Å². The highest BCUT2D eigenvalue weighted by Gasteiger charge is 2.45. The smallest absolute Gasteiger partial charge is 0.246 e. The van der Waals surface area contributed by atoms with Gasteiger partial charge in [-0.15, -0.1) is 0 Å². The van der Waals surface area contributed by atoms with Crippen molar-refractivity contribution in [1.82, 2.24) is 4.31 Å². The van der Waals surface area contributed by atoms with Gasteiger partial charge in [0.25, 0.3) is 0 Å². The Balaban J connectivity index is 2.44. The van der Waals surface area contributed by atoms with Gasteiger partial charge in [0.1, 0.15) is 4.90 Å². The van der Waals surface area contributed by atoms with Crippen molar-refractivity contribution < 1.29 is 13.5 Å². The van der Waals surface area contributed by atoms with E-state index in [1.54, 1.807) is 6.92 Å². The molecule has 0 spiro atoms. The van der Waals surface area contributed by atoms with E-state index in [9.17, 15) is 13.5 Å². The molecule has 1 fully saturated rings. The second-order valence-electron chi connectivity index (χ2n) is 4.58. The lowest BCUT2D eigenvalue weighted by atomic mass is 10.0. The Morgan fingerprint density at radius 2 is 1.78 bits per heavy atom. The summed E-state index contributed by atoms with van der Waals surface area (Å²) in [5.74, 6) is 0. The topological polar surface area (TPSA) is 83.6 Å². The van der Waals surface area contributed by atoms with Gasteiger partial charge in [0, 0.05) is 18.8 Å². The van der Waals surface area contributed by atoms with Gasteiger partial charge in [-0.1, -0.05) is 23.2 Å². The fraction of sp³-hybridized carbons (Fsp3) is 0.400. The zero-order chi connectivity index (χ0) is 13.7. The highest BCUT2D eigenvalue weighted by atomic mass is 35.5. The van der Waals surface area contributed by atoms with Crippen LogP contribution < -0.4 is 5.73 Å². The van der Waals surface area contributed by atoms with Crippen LogP contribution in [0.25, 0.3) is 0 Å². The molecule has 0 aromatic heterocycles. The first-order valence-corrected chi connectivity index (χ1v) is 7.30. The third-order valence-electron chi connectivity index (χ3n) is 2.65. The van der Waals surface area contributed by atoms with Gasteiger partial charge in [0.15, 0.2) is 0 Å². The van der Waals surface area contributed by atoms with E-state index in [1.165, 1.54) is 12.1 Å². The van der Waals surface area contributed by atoms with Crippen LogP contribution in [0.3, 0.4) is 0 Å². The normalized spacial score (nSPS) is 19.6. The number of hydrogen-bond donors (Lipinski definition) is 2. The number of halogens is 2. The number of rotatable bonds is 2. The lowest BCUT2D eigenvalue weighted by Crippen LogP contribution is -2.61. The summed E-state index contributed by atoms with van der Waals surface area (Å²) in [5.41, 5.74) is 4.81. The molecule has 0 unspecified atom stereocenters. The molecule has 0 atom stereocenters. The Morgan fingerprint density at radius 1 is 1.33 bits per heavy atom. The number of benzene rings is 1. The molecule has 1 aromatic rings. The summed E-state index contributed by atoms with van der Waals surface area (Å²) < 4.78 is 25.6. The molecule has 3 N–H and O–H groups in total. The van der Waals surface area contributed by atoms with E-state index < -0.39 is 15.6 Å². The number of aliphatic hydroxyl groups is 1. The Labute approximate surface area is 115 Å². The third-order valence-corrected chi connectivity index (χ3v) is 5.37. The van der Waals surface area contributed by atoms with E-state index >= 15 is 0 Å². The van der Waals surface area contributed by atoms with Gasteiger partial charge in [-0.3, -0.25) is 0 Å². The molecule has 0 amide bonds. The van der Waals surface area contributed by atoms with Crippen LogP contribution >= 0.6 is 23.2 Å². The number of nitrogens with zero attached hydrogens (tertiary/aromatic N) is 1. The van der Waals surface area contributed by atoms with Crippen molar-refractivity contribution in [2.45, 2.75) is 17.4 Å². The largest absolute Gasteiger partial charge is 0.399 e. The molecule has 0 radical (unpaired) electrons. The molecule has 100 valence electrons. The summed E-state index contributed by atoms with van der Waals surface area (Å²) in [4.78, 5) is -0.171. The Morgan fingerprint density at radius 3 is 2.17 bits per heavy atom. The second-order valence-corrected chi connectivity index (χ2v) is 7.27. The molecule has 0 bridgehead atoms. The quantitative estimate of drug-likeness (QED) is 0.807. The SMILES string of the molecule is CC1(O)CN(S(=O)(=O)c2c(Cl)cc(N)cc2Cl)C1. The van der Waals surface area contributed by atoms with Gasteiger partial charge in [-0.25, -0.2) is 8.42 Å². The number of β-amino-alcohol motifs (C(OH)–C–C–N with tert-alkyl or cyclic N) is 1. The van der Waals surface area contributed by atoms with E-state index in [0.29, 0.717) is 5.69 Å². The second kappa shape index (κ2) is 4.25. The summed E-state index contributed by atoms with van der Waals surface area (Å²) in [6.45, 7) is 1.60. The predicted octanol–water partition coefficient (Wildman–Crippen LogP) is 1.33. The average molecular weight is 311 g/mol. The molecule has 18 heavy (non-hydrogen) atoms. The van der Waals surface area contributed by atoms with Crippen LogP contribution in [0.1, 0.15) is 6.92 Å². The van der Waals surface area contributed by atoms with Crippen LogP contribution in [0.4, 0.5) is 5.69 Å². The van der Waals surface area contributed by atoms with Gasteiger partial charge in [0.05, 0.1) is 15.6 Å². The number of sulfonamides is 1. The van der Waals surface area contributed by atoms with Crippen LogP contribution in [0, 0.1) is 0 Å². The molecule has 1 aromatic carbocycles. The maximum absolute atomic E-state index is 12.3. The van der Waals surface area contributed by atoms with Crippen molar-refractivity contribution in [2.75, 3.05) is 18.8 Å². The van der Waals surface area contributed by atoms with Crippen LogP contribution in [-0.2, 0) is 10.0 Å². The van der Waals surface area contributed by atoms with E-state index in [1.807, 2.05) is 0 Å². The first kappa shape index (κ1) is 13.9. The fourth-order valence-corrected chi connectivity index (χ4v) is 4.69. The highest BCUT2D eigenvalue weighted by Crippen LogP contribution is 2.36. The molecule has 5 nitrogen and oxygen atoms in total. The maximum atomic E-state index is 12.3. The highest BCUT2D eigenvalue weighted by molar-refractivity contribution is 7.89. The van der Waals surface area contributed by atoms with Crippen LogP contribution in [0.2, 0.25) is 10.0 Å². The Hall–Kier alpha value is -0.530. The minimum Gasteiger partial charge on any atom is -0.399 e. The molecule has 1 aliphatic rings. The maximum Gasteiger partial charge on any atom is 0.246 e. The molecule has 0 aliphatic carbocycles. The van der Waals surface area contributed by atoms with Crippen molar-refractivity contribution in [3.8, 4) is 0 Å². The molecule has 8 heteroatoms. The molecule has 0 saturated carbocycles. The van der Waals surface area contributed by atoms with Gasteiger partial charge in [-0.05, 0) is 19.1 Å². The van der Waals surface area contributed by atoms with E-state index in [-0.39, 0.29) is 28.0 Å². The van der Waals surface area contributed by atoms with E-state index in [4.69, 9.17) is 28.9 Å². The van der Waals surface area contributed by atoms with E-state index in [0.717, 1.165) is 4.31 Å². The lowest BCUT2D eigenvalue weighted by Gasteiger charge is -2.43. The first-order valence-electron chi connectivity index (χ1n) is 5.10. The molecule has 1 heterocycles. The average Bonchev–Trinajstić information content (AvgIpc) is 2.11. The van der Waals surface area contributed by atoms with Gasteiger partial charge >= 0.3 is 0 Å². The number of hydrogen-bond acceptors (Lipinski definition) is 4. The van der Waals surface area contributed by atoms with Crippen LogP contribution in [0.5, 0.6) is 0 Å². The fourth-order valence-electron chi connectivity index (χ4n) is 1.84. The summed E-state index contributed by atoms with van der Waals surface area (Å²) >= 11 is 11.8. The summed E-state index contributed by atoms with van der Waals surface area (Å²) in [6.07, 6.45) is 0. The molecule has 2 rings (SSSR count). The zero-order valence-corrected chi connectivity index (χ0v) is 11.8. The van der Waals surface area contributed by atoms with Crippen LogP contribution in [0.15, 0.2) is 17.0 Å². The first-order chi connectivity index (χ1) is 8.13. The van der Waals surface area contributed by atoms with Crippen molar-refractivity contribution in [3.63, 3.8) is 0 Å². The zero-order valence-electron chi connectivity index (χ0n) is 9.52. The number of nitrogen functional groups attached to an aromatic ring is 1. The minimum atomic E-state index is -3.80. The van der Waals surface area contributed by atoms with E-state index in [2.05, 4.69) is 0 Å². The molecule has 1 saturated heterocycles. The molecular weight excluding hydrogens is 299 g/mol. The van der Waals surface area contributed by atoms with Crippen molar-refractivity contribution in [1.29, 1.82) is 0 Å². The molecular formula is C10H12Cl2N2O3S. The Kier molecular flexibility index (Phi) is 3.28. The summed E-state index contributed by atoms with van der Waals surface area (Å²) in [7, 11) is -3.80. The monoisotopic (exact) mass is 310 g/mol. The number of anilines is 1. The summed E-state index contributed by atoms with van der Waals surface area (Å²) in [6, 6.07) is 2.66. The van der Waals surface area contributed by atoms with Gasteiger partial charge in [-0.2, -0.15) is 4.31 Å². The lowest BCUT2D eigenvalue weighted by molar-refractivity contribution is -0.0426. The third kappa shape index (κ3) is 2.31.